The molecule has 0 spiro atoms. The van der Waals surface area contributed by atoms with Crippen molar-refractivity contribution < 1.29 is 9.53 Å². The van der Waals surface area contributed by atoms with Crippen molar-refractivity contribution in [3.8, 4) is 11.8 Å². The van der Waals surface area contributed by atoms with Gasteiger partial charge in [-0.15, -0.1) is 0 Å². The van der Waals surface area contributed by atoms with E-state index >= 15 is 0 Å². The molecule has 0 aliphatic carbocycles. The minimum absolute atomic E-state index is 0.108. The molecule has 0 fully saturated rings. The van der Waals surface area contributed by atoms with Crippen LogP contribution in [0.2, 0.25) is 0 Å². The van der Waals surface area contributed by atoms with Crippen LogP contribution in [-0.4, -0.2) is 13.0 Å². The summed E-state index contributed by atoms with van der Waals surface area (Å²) in [6.45, 7) is 1.87. The minimum Gasteiger partial charge on any atom is -0.497 e. The number of nitrogens with zero attached hydrogens (tertiary/aromatic N) is 1. The average Bonchev–Trinajstić information content (AvgIpc) is 2.66. The maximum absolute atomic E-state index is 12.5. The molecule has 3 rings (SSSR count). The molecule has 0 heterocycles. The van der Waals surface area contributed by atoms with E-state index in [1.165, 1.54) is 0 Å². The molecule has 1 N–H and O–H groups in total. The second kappa shape index (κ2) is 7.06. The van der Waals surface area contributed by atoms with E-state index in [2.05, 4.69) is 11.4 Å². The standard InChI is InChI=1S/C21H18N2O2/c1-14(21(24)23-19-5-3-4-15(10-19)13-22)16-6-7-18-12-20(25-2)9-8-17(18)11-16/h3-12,14H,1-2H3,(H,23,24). The van der Waals surface area contributed by atoms with Gasteiger partial charge in [0.15, 0.2) is 0 Å². The van der Waals surface area contributed by atoms with Crippen LogP contribution in [0, 0.1) is 11.3 Å². The van der Waals surface area contributed by atoms with Crippen molar-refractivity contribution >= 4 is 22.4 Å². The van der Waals surface area contributed by atoms with E-state index in [4.69, 9.17) is 10.00 Å². The van der Waals surface area contributed by atoms with E-state index in [-0.39, 0.29) is 11.8 Å². The van der Waals surface area contributed by atoms with Gasteiger partial charge in [0.2, 0.25) is 5.91 Å². The van der Waals surface area contributed by atoms with Crippen molar-refractivity contribution in [1.82, 2.24) is 0 Å². The summed E-state index contributed by atoms with van der Waals surface area (Å²) in [5.41, 5.74) is 2.08. The van der Waals surface area contributed by atoms with Crippen LogP contribution in [0.15, 0.2) is 60.7 Å². The van der Waals surface area contributed by atoms with Gasteiger partial charge in [0.25, 0.3) is 0 Å². The normalized spacial score (nSPS) is 11.6. The molecule has 3 aromatic carbocycles. The fraction of sp³-hybridized carbons (Fsp3) is 0.143. The lowest BCUT2D eigenvalue weighted by atomic mass is 9.97. The molecule has 0 saturated heterocycles. The zero-order valence-electron chi connectivity index (χ0n) is 14.1. The summed E-state index contributed by atoms with van der Waals surface area (Å²) in [7, 11) is 1.64. The number of anilines is 1. The Morgan fingerprint density at radius 1 is 1.08 bits per heavy atom. The fourth-order valence-corrected chi connectivity index (χ4v) is 2.71. The van der Waals surface area contributed by atoms with Gasteiger partial charge < -0.3 is 10.1 Å². The van der Waals surface area contributed by atoms with Crippen LogP contribution >= 0.6 is 0 Å². The van der Waals surface area contributed by atoms with Crippen molar-refractivity contribution in [3.05, 3.63) is 71.8 Å². The van der Waals surface area contributed by atoms with Crippen molar-refractivity contribution in [3.63, 3.8) is 0 Å². The number of ether oxygens (including phenoxy) is 1. The monoisotopic (exact) mass is 330 g/mol. The molecule has 0 aromatic heterocycles. The summed E-state index contributed by atoms with van der Waals surface area (Å²) in [5.74, 6) is 0.392. The summed E-state index contributed by atoms with van der Waals surface area (Å²) in [4.78, 5) is 12.5. The molecule has 0 aliphatic heterocycles. The zero-order valence-corrected chi connectivity index (χ0v) is 14.1. The minimum atomic E-state index is -0.308. The summed E-state index contributed by atoms with van der Waals surface area (Å²) in [6, 6.07) is 20.8. The SMILES string of the molecule is COc1ccc2cc(C(C)C(=O)Nc3cccc(C#N)c3)ccc2c1. The molecular weight excluding hydrogens is 312 g/mol. The predicted molar refractivity (Wildman–Crippen MR) is 98.7 cm³/mol. The van der Waals surface area contributed by atoms with Crippen molar-refractivity contribution in [2.24, 2.45) is 0 Å². The Morgan fingerprint density at radius 2 is 1.84 bits per heavy atom. The molecule has 25 heavy (non-hydrogen) atoms. The molecule has 1 unspecified atom stereocenters. The van der Waals surface area contributed by atoms with E-state index < -0.39 is 0 Å². The fourth-order valence-electron chi connectivity index (χ4n) is 2.71. The third-order valence-corrected chi connectivity index (χ3v) is 4.22. The highest BCUT2D eigenvalue weighted by molar-refractivity contribution is 5.96. The molecule has 4 heteroatoms. The van der Waals surface area contributed by atoms with Gasteiger partial charge in [0.1, 0.15) is 5.75 Å². The highest BCUT2D eigenvalue weighted by atomic mass is 16.5. The molecule has 124 valence electrons. The van der Waals surface area contributed by atoms with E-state index in [1.54, 1.807) is 31.4 Å². The summed E-state index contributed by atoms with van der Waals surface area (Å²) in [6.07, 6.45) is 0. The predicted octanol–water partition coefficient (Wildman–Crippen LogP) is 4.46. The number of rotatable bonds is 4. The van der Waals surface area contributed by atoms with Crippen LogP contribution in [0.4, 0.5) is 5.69 Å². The first-order chi connectivity index (χ1) is 12.1. The van der Waals surface area contributed by atoms with E-state index in [9.17, 15) is 4.79 Å². The number of amides is 1. The quantitative estimate of drug-likeness (QED) is 0.768. The summed E-state index contributed by atoms with van der Waals surface area (Å²) >= 11 is 0. The van der Waals surface area contributed by atoms with E-state index in [0.29, 0.717) is 11.3 Å². The maximum atomic E-state index is 12.5. The number of hydrogen-bond donors (Lipinski definition) is 1. The van der Waals surface area contributed by atoms with Gasteiger partial charge in [-0.05, 0) is 53.6 Å². The number of nitriles is 1. The first-order valence-corrected chi connectivity index (χ1v) is 7.99. The topological polar surface area (TPSA) is 62.1 Å². The molecular formula is C21H18N2O2. The third kappa shape index (κ3) is 3.61. The van der Waals surface area contributed by atoms with Gasteiger partial charge in [0, 0.05) is 5.69 Å². The van der Waals surface area contributed by atoms with Crippen molar-refractivity contribution in [2.45, 2.75) is 12.8 Å². The highest BCUT2D eigenvalue weighted by Crippen LogP contribution is 2.26. The van der Waals surface area contributed by atoms with Gasteiger partial charge in [-0.2, -0.15) is 5.26 Å². The Bertz CT molecular complexity index is 973. The number of hydrogen-bond acceptors (Lipinski definition) is 3. The van der Waals surface area contributed by atoms with Crippen LogP contribution in [0.25, 0.3) is 10.8 Å². The molecule has 0 radical (unpaired) electrons. The highest BCUT2D eigenvalue weighted by Gasteiger charge is 2.16. The second-order valence-electron chi connectivity index (χ2n) is 5.88. The number of carbonyl (C=O) groups is 1. The lowest BCUT2D eigenvalue weighted by molar-refractivity contribution is -0.117. The van der Waals surface area contributed by atoms with Gasteiger partial charge in [0.05, 0.1) is 24.7 Å². The smallest absolute Gasteiger partial charge is 0.231 e. The number of nitrogens with one attached hydrogen (secondary N) is 1. The van der Waals surface area contributed by atoms with Gasteiger partial charge in [-0.25, -0.2) is 0 Å². The van der Waals surface area contributed by atoms with Gasteiger partial charge >= 0.3 is 0 Å². The van der Waals surface area contributed by atoms with Crippen molar-refractivity contribution in [2.75, 3.05) is 12.4 Å². The maximum Gasteiger partial charge on any atom is 0.231 e. The molecule has 1 amide bonds. The van der Waals surface area contributed by atoms with Gasteiger partial charge in [-0.1, -0.05) is 30.3 Å². The average molecular weight is 330 g/mol. The van der Waals surface area contributed by atoms with Crippen LogP contribution in [-0.2, 0) is 4.79 Å². The number of benzene rings is 3. The lowest BCUT2D eigenvalue weighted by Gasteiger charge is -2.14. The second-order valence-corrected chi connectivity index (χ2v) is 5.88. The van der Waals surface area contributed by atoms with E-state index in [0.717, 1.165) is 22.1 Å². The third-order valence-electron chi connectivity index (χ3n) is 4.22. The first kappa shape index (κ1) is 16.5. The number of carbonyl (C=O) groups excluding carboxylic acids is 1. The Morgan fingerprint density at radius 3 is 2.60 bits per heavy atom. The lowest BCUT2D eigenvalue weighted by Crippen LogP contribution is -2.18. The van der Waals surface area contributed by atoms with Crippen LogP contribution < -0.4 is 10.1 Å². The van der Waals surface area contributed by atoms with Crippen molar-refractivity contribution in [1.29, 1.82) is 5.26 Å². The molecule has 0 bridgehead atoms. The zero-order chi connectivity index (χ0) is 17.8. The Kier molecular flexibility index (Phi) is 4.67. The molecule has 3 aromatic rings. The Hall–Kier alpha value is -3.32. The first-order valence-electron chi connectivity index (χ1n) is 7.99. The Labute approximate surface area is 146 Å². The van der Waals surface area contributed by atoms with Crippen LogP contribution in [0.3, 0.4) is 0 Å². The van der Waals surface area contributed by atoms with E-state index in [1.807, 2.05) is 43.3 Å². The Balaban J connectivity index is 1.81. The van der Waals surface area contributed by atoms with Gasteiger partial charge in [-0.3, -0.25) is 4.79 Å². The molecule has 0 saturated carbocycles. The number of methoxy groups -OCH3 is 1. The molecule has 0 aliphatic rings. The summed E-state index contributed by atoms with van der Waals surface area (Å²) in [5, 5.41) is 13.9. The van der Waals surface area contributed by atoms with Crippen LogP contribution in [0.1, 0.15) is 24.0 Å². The molecule has 1 atom stereocenters. The van der Waals surface area contributed by atoms with Crippen LogP contribution in [0.5, 0.6) is 5.75 Å². The largest absolute Gasteiger partial charge is 0.497 e. The summed E-state index contributed by atoms with van der Waals surface area (Å²) < 4.78 is 5.24. The number of fused-ring (bicyclic) bond motifs is 1. The molecule has 4 nitrogen and oxygen atoms in total.